The first-order valence-electron chi connectivity index (χ1n) is 9.91. The van der Waals surface area contributed by atoms with E-state index in [1.54, 1.807) is 36.4 Å². The van der Waals surface area contributed by atoms with Gasteiger partial charge in [0.15, 0.2) is 17.2 Å². The second kappa shape index (κ2) is 8.74. The van der Waals surface area contributed by atoms with Crippen molar-refractivity contribution < 1.29 is 28.9 Å². The van der Waals surface area contributed by atoms with Crippen molar-refractivity contribution in [1.29, 1.82) is 0 Å². The van der Waals surface area contributed by atoms with E-state index in [4.69, 9.17) is 14.2 Å². The number of aromatic nitrogens is 2. The molecule has 0 bridgehead atoms. The molecule has 0 aliphatic rings. The van der Waals surface area contributed by atoms with Crippen molar-refractivity contribution in [3.8, 4) is 28.4 Å². The lowest BCUT2D eigenvalue weighted by atomic mass is 9.85. The number of methoxy groups -OCH3 is 3. The first-order chi connectivity index (χ1) is 15.1. The number of para-hydroxylation sites is 1. The van der Waals surface area contributed by atoms with Crippen LogP contribution in [0.3, 0.4) is 0 Å². The molecule has 0 radical (unpaired) electrons. The van der Waals surface area contributed by atoms with Gasteiger partial charge in [0.25, 0.3) is 0 Å². The van der Waals surface area contributed by atoms with Gasteiger partial charge in [0.1, 0.15) is 11.3 Å². The normalized spacial score (nSPS) is 11.2. The van der Waals surface area contributed by atoms with Crippen LogP contribution in [0.25, 0.3) is 16.9 Å². The number of carbonyl (C=O) groups excluding carboxylic acids is 2. The second-order valence-electron chi connectivity index (χ2n) is 8.13. The van der Waals surface area contributed by atoms with Crippen LogP contribution in [0.5, 0.6) is 11.5 Å². The Morgan fingerprint density at radius 1 is 0.969 bits per heavy atom. The summed E-state index contributed by atoms with van der Waals surface area (Å²) in [6.45, 7) is 6.02. The van der Waals surface area contributed by atoms with Crippen LogP contribution in [0.4, 0.5) is 0 Å². The first kappa shape index (κ1) is 22.9. The van der Waals surface area contributed by atoms with Crippen molar-refractivity contribution in [1.82, 2.24) is 9.78 Å². The molecule has 8 heteroatoms. The van der Waals surface area contributed by atoms with Crippen molar-refractivity contribution >= 4 is 11.9 Å². The molecule has 0 amide bonds. The SMILES string of the molecule is COC(=O)c1c(-c2cc(C(C)(C)C)cc(OC)c2O)nn(-c2ccccc2)c1C(=O)OC. The summed E-state index contributed by atoms with van der Waals surface area (Å²) in [6.07, 6.45) is 0. The number of esters is 2. The van der Waals surface area contributed by atoms with E-state index in [2.05, 4.69) is 5.10 Å². The highest BCUT2D eigenvalue weighted by atomic mass is 16.5. The molecule has 168 valence electrons. The zero-order valence-corrected chi connectivity index (χ0v) is 18.9. The van der Waals surface area contributed by atoms with Crippen molar-refractivity contribution in [3.63, 3.8) is 0 Å². The molecule has 0 aliphatic carbocycles. The summed E-state index contributed by atoms with van der Waals surface area (Å²) >= 11 is 0. The lowest BCUT2D eigenvalue weighted by Gasteiger charge is -2.21. The van der Waals surface area contributed by atoms with Crippen LogP contribution in [-0.4, -0.2) is 48.2 Å². The zero-order valence-electron chi connectivity index (χ0n) is 18.9. The number of aromatic hydroxyl groups is 1. The third kappa shape index (κ3) is 4.03. The van der Waals surface area contributed by atoms with Gasteiger partial charge < -0.3 is 19.3 Å². The van der Waals surface area contributed by atoms with Crippen LogP contribution in [-0.2, 0) is 14.9 Å². The zero-order chi connectivity index (χ0) is 23.6. The fourth-order valence-corrected chi connectivity index (χ4v) is 3.32. The monoisotopic (exact) mass is 438 g/mol. The standard InChI is InChI=1S/C24H26N2O6/c1-24(2,3)14-12-16(21(27)17(13-14)30-4)19-18(22(28)31-5)20(23(29)32-6)26(25-19)15-10-8-7-9-11-15/h7-13,27H,1-6H3. The molecule has 0 saturated heterocycles. The maximum Gasteiger partial charge on any atom is 0.357 e. The Bertz CT molecular complexity index is 1160. The quantitative estimate of drug-likeness (QED) is 0.598. The van der Waals surface area contributed by atoms with E-state index in [0.717, 1.165) is 5.56 Å². The summed E-state index contributed by atoms with van der Waals surface area (Å²) in [5.74, 6) is -1.55. The smallest absolute Gasteiger partial charge is 0.357 e. The molecule has 2 aromatic carbocycles. The Morgan fingerprint density at radius 3 is 2.12 bits per heavy atom. The predicted octanol–water partition coefficient (Wildman–Crippen LogP) is 4.12. The molecular formula is C24H26N2O6. The van der Waals surface area contributed by atoms with Gasteiger partial charge in [-0.05, 0) is 35.2 Å². The summed E-state index contributed by atoms with van der Waals surface area (Å²) in [4.78, 5) is 25.6. The maximum absolute atomic E-state index is 12.8. The minimum Gasteiger partial charge on any atom is -0.504 e. The van der Waals surface area contributed by atoms with Gasteiger partial charge in [0.2, 0.25) is 0 Å². The fourth-order valence-electron chi connectivity index (χ4n) is 3.32. The van der Waals surface area contributed by atoms with Gasteiger partial charge in [0, 0.05) is 5.56 Å². The molecule has 0 aliphatic heterocycles. The van der Waals surface area contributed by atoms with E-state index < -0.39 is 11.9 Å². The topological polar surface area (TPSA) is 99.9 Å². The summed E-state index contributed by atoms with van der Waals surface area (Å²) in [5.41, 5.74) is 1.15. The molecule has 1 N–H and O–H groups in total. The number of benzene rings is 2. The van der Waals surface area contributed by atoms with Crippen molar-refractivity contribution in [3.05, 3.63) is 59.3 Å². The largest absolute Gasteiger partial charge is 0.504 e. The second-order valence-corrected chi connectivity index (χ2v) is 8.13. The van der Waals surface area contributed by atoms with Crippen molar-refractivity contribution in [2.75, 3.05) is 21.3 Å². The predicted molar refractivity (Wildman–Crippen MR) is 119 cm³/mol. The molecular weight excluding hydrogens is 412 g/mol. The van der Waals surface area contributed by atoms with E-state index in [9.17, 15) is 14.7 Å². The Labute approximate surface area is 186 Å². The average Bonchev–Trinajstić information content (AvgIpc) is 3.18. The van der Waals surface area contributed by atoms with Gasteiger partial charge in [-0.3, -0.25) is 0 Å². The van der Waals surface area contributed by atoms with Crippen molar-refractivity contribution in [2.24, 2.45) is 0 Å². The molecule has 1 aromatic heterocycles. The minimum absolute atomic E-state index is 0.0722. The summed E-state index contributed by atoms with van der Waals surface area (Å²) < 4.78 is 16.6. The number of hydrogen-bond acceptors (Lipinski definition) is 7. The number of carbonyl (C=O) groups is 2. The summed E-state index contributed by atoms with van der Waals surface area (Å²) in [5, 5.41) is 15.5. The molecule has 3 rings (SSSR count). The molecule has 3 aromatic rings. The summed E-state index contributed by atoms with van der Waals surface area (Å²) in [6, 6.07) is 12.3. The first-order valence-corrected chi connectivity index (χ1v) is 9.91. The Balaban J connectivity index is 2.46. The fraction of sp³-hybridized carbons (Fsp3) is 0.292. The number of nitrogens with zero attached hydrogens (tertiary/aromatic N) is 2. The van der Waals surface area contributed by atoms with Crippen LogP contribution in [0.1, 0.15) is 47.2 Å². The summed E-state index contributed by atoms with van der Waals surface area (Å²) in [7, 11) is 3.86. The number of rotatable bonds is 5. The third-order valence-electron chi connectivity index (χ3n) is 5.07. The van der Waals surface area contributed by atoms with Crippen LogP contribution in [0, 0.1) is 0 Å². The molecule has 0 atom stereocenters. The molecule has 0 fully saturated rings. The Hall–Kier alpha value is -3.81. The highest BCUT2D eigenvalue weighted by molar-refractivity contribution is 6.07. The van der Waals surface area contributed by atoms with E-state index in [1.807, 2.05) is 26.8 Å². The van der Waals surface area contributed by atoms with Gasteiger partial charge in [-0.1, -0.05) is 39.0 Å². The third-order valence-corrected chi connectivity index (χ3v) is 5.07. The Morgan fingerprint density at radius 2 is 1.59 bits per heavy atom. The van der Waals surface area contributed by atoms with Gasteiger partial charge in [-0.25, -0.2) is 14.3 Å². The number of hydrogen-bond donors (Lipinski definition) is 1. The number of phenols is 1. The molecule has 8 nitrogen and oxygen atoms in total. The number of ether oxygens (including phenoxy) is 3. The van der Waals surface area contributed by atoms with Crippen LogP contribution >= 0.6 is 0 Å². The highest BCUT2D eigenvalue weighted by Crippen LogP contribution is 2.43. The van der Waals surface area contributed by atoms with E-state index >= 15 is 0 Å². The lowest BCUT2D eigenvalue weighted by Crippen LogP contribution is -2.15. The van der Waals surface area contributed by atoms with Crippen LogP contribution in [0.15, 0.2) is 42.5 Å². The van der Waals surface area contributed by atoms with Gasteiger partial charge in [-0.15, -0.1) is 0 Å². The van der Waals surface area contributed by atoms with E-state index in [-0.39, 0.29) is 39.4 Å². The van der Waals surface area contributed by atoms with Gasteiger partial charge >= 0.3 is 11.9 Å². The van der Waals surface area contributed by atoms with Crippen molar-refractivity contribution in [2.45, 2.75) is 26.2 Å². The molecule has 32 heavy (non-hydrogen) atoms. The molecule has 0 spiro atoms. The number of phenolic OH excluding ortho intramolecular Hbond substituents is 1. The molecule has 0 unspecified atom stereocenters. The van der Waals surface area contributed by atoms with E-state index in [1.165, 1.54) is 26.0 Å². The Kier molecular flexibility index (Phi) is 6.25. The van der Waals surface area contributed by atoms with Gasteiger partial charge in [0.05, 0.1) is 27.0 Å². The lowest BCUT2D eigenvalue weighted by molar-refractivity contribution is 0.0549. The van der Waals surface area contributed by atoms with E-state index in [0.29, 0.717) is 5.69 Å². The molecule has 0 saturated carbocycles. The van der Waals surface area contributed by atoms with Crippen LogP contribution < -0.4 is 4.74 Å². The van der Waals surface area contributed by atoms with Gasteiger partial charge in [-0.2, -0.15) is 5.10 Å². The highest BCUT2D eigenvalue weighted by Gasteiger charge is 2.33. The minimum atomic E-state index is -0.790. The average molecular weight is 438 g/mol. The van der Waals surface area contributed by atoms with Crippen LogP contribution in [0.2, 0.25) is 0 Å². The molecule has 1 heterocycles. The maximum atomic E-state index is 12.8.